The van der Waals surface area contributed by atoms with E-state index in [2.05, 4.69) is 15.4 Å². The van der Waals surface area contributed by atoms with Gasteiger partial charge >= 0.3 is 0 Å². The van der Waals surface area contributed by atoms with Gasteiger partial charge in [0.25, 0.3) is 5.91 Å². The van der Waals surface area contributed by atoms with Crippen LogP contribution in [0.25, 0.3) is 9.88 Å². The number of piperidine rings is 1. The molecule has 0 saturated carbocycles. The number of nitrogens with one attached hydrogen (secondary N) is 1. The number of rotatable bonds is 6. The van der Waals surface area contributed by atoms with E-state index in [1.165, 1.54) is 22.7 Å². The lowest BCUT2D eigenvalue weighted by atomic mass is 9.96. The quantitative estimate of drug-likeness (QED) is 0.607. The molecule has 0 radical (unpaired) electrons. The first-order valence-corrected chi connectivity index (χ1v) is 11.8. The minimum atomic E-state index is -0.104. The highest BCUT2D eigenvalue weighted by Crippen LogP contribution is 2.33. The van der Waals surface area contributed by atoms with Gasteiger partial charge in [-0.25, -0.2) is 4.98 Å². The molecule has 1 saturated heterocycles. The molecule has 3 aromatic heterocycles. The Morgan fingerprint density at radius 3 is 2.77 bits per heavy atom. The predicted molar refractivity (Wildman–Crippen MR) is 119 cm³/mol. The Bertz CT molecular complexity index is 1040. The number of thiophene rings is 1. The van der Waals surface area contributed by atoms with Crippen LogP contribution in [0.4, 0.5) is 0 Å². The van der Waals surface area contributed by atoms with E-state index in [4.69, 9.17) is 11.6 Å². The lowest BCUT2D eigenvalue weighted by Crippen LogP contribution is -2.42. The Kier molecular flexibility index (Phi) is 6.50. The summed E-state index contributed by atoms with van der Waals surface area (Å²) in [5.41, 5.74) is 1.37. The summed E-state index contributed by atoms with van der Waals surface area (Å²) in [7, 11) is 1.79. The van der Waals surface area contributed by atoms with Crippen LogP contribution in [-0.2, 0) is 18.3 Å². The van der Waals surface area contributed by atoms with Crippen LogP contribution in [-0.4, -0.2) is 51.1 Å². The molecule has 0 bridgehead atoms. The SMILES string of the molecule is Cn1cc(C(=O)NCC2CCN(C(=O)Cc3csc(-c4ccc(Cl)s4)n3)CC2)cn1. The molecule has 1 fully saturated rings. The van der Waals surface area contributed by atoms with E-state index in [1.54, 1.807) is 24.1 Å². The smallest absolute Gasteiger partial charge is 0.254 e. The lowest BCUT2D eigenvalue weighted by Gasteiger charge is -2.32. The molecule has 7 nitrogen and oxygen atoms in total. The van der Waals surface area contributed by atoms with Crippen molar-refractivity contribution < 1.29 is 9.59 Å². The first-order chi connectivity index (χ1) is 14.5. The van der Waals surface area contributed by atoms with E-state index < -0.39 is 0 Å². The summed E-state index contributed by atoms with van der Waals surface area (Å²) in [6, 6.07) is 3.81. The maximum atomic E-state index is 12.7. The number of halogens is 1. The van der Waals surface area contributed by atoms with Crippen LogP contribution >= 0.6 is 34.3 Å². The van der Waals surface area contributed by atoms with E-state index in [9.17, 15) is 9.59 Å². The highest BCUT2D eigenvalue weighted by atomic mass is 35.5. The summed E-state index contributed by atoms with van der Waals surface area (Å²) in [4.78, 5) is 32.3. The van der Waals surface area contributed by atoms with E-state index in [-0.39, 0.29) is 11.8 Å². The Morgan fingerprint density at radius 2 is 2.10 bits per heavy atom. The molecule has 0 unspecified atom stereocenters. The molecule has 10 heteroatoms. The molecule has 4 heterocycles. The van der Waals surface area contributed by atoms with Gasteiger partial charge in [0.2, 0.25) is 5.91 Å². The fourth-order valence-corrected chi connectivity index (χ4v) is 5.40. The summed E-state index contributed by atoms with van der Waals surface area (Å²) in [6.45, 7) is 2.04. The molecular weight excluding hydrogens is 442 g/mol. The number of carbonyl (C=O) groups is 2. The molecule has 1 aliphatic heterocycles. The molecule has 3 aromatic rings. The molecule has 0 atom stereocenters. The molecule has 1 aliphatic rings. The summed E-state index contributed by atoms with van der Waals surface area (Å²) >= 11 is 9.02. The highest BCUT2D eigenvalue weighted by Gasteiger charge is 2.24. The van der Waals surface area contributed by atoms with Gasteiger partial charge in [-0.2, -0.15) is 5.10 Å². The fourth-order valence-electron chi connectivity index (χ4n) is 3.46. The lowest BCUT2D eigenvalue weighted by molar-refractivity contribution is -0.131. The van der Waals surface area contributed by atoms with Crippen molar-refractivity contribution in [3.8, 4) is 9.88 Å². The van der Waals surface area contributed by atoms with Gasteiger partial charge < -0.3 is 10.2 Å². The number of hydrogen-bond acceptors (Lipinski definition) is 6. The van der Waals surface area contributed by atoms with Crippen molar-refractivity contribution in [2.45, 2.75) is 19.3 Å². The van der Waals surface area contributed by atoms with Crippen molar-refractivity contribution in [2.24, 2.45) is 13.0 Å². The van der Waals surface area contributed by atoms with Crippen molar-refractivity contribution in [1.82, 2.24) is 25.0 Å². The van der Waals surface area contributed by atoms with Crippen molar-refractivity contribution in [3.63, 3.8) is 0 Å². The molecule has 0 aromatic carbocycles. The van der Waals surface area contributed by atoms with Gasteiger partial charge in [0.05, 0.1) is 33.1 Å². The Hall–Kier alpha value is -2.23. The van der Waals surface area contributed by atoms with Gasteiger partial charge in [-0.15, -0.1) is 22.7 Å². The maximum Gasteiger partial charge on any atom is 0.254 e. The molecule has 158 valence electrons. The molecule has 4 rings (SSSR count). The number of aromatic nitrogens is 3. The molecule has 2 amide bonds. The number of hydrogen-bond donors (Lipinski definition) is 1. The number of amides is 2. The average Bonchev–Trinajstić information content (AvgIpc) is 3.48. The first kappa shape index (κ1) is 21.0. The zero-order valence-corrected chi connectivity index (χ0v) is 18.9. The van der Waals surface area contributed by atoms with Crippen LogP contribution in [0.15, 0.2) is 29.9 Å². The largest absolute Gasteiger partial charge is 0.352 e. The van der Waals surface area contributed by atoms with Crippen LogP contribution in [0.2, 0.25) is 4.34 Å². The Balaban J connectivity index is 1.22. The van der Waals surface area contributed by atoms with E-state index in [0.29, 0.717) is 37.5 Å². The monoisotopic (exact) mass is 463 g/mol. The van der Waals surface area contributed by atoms with Crippen molar-refractivity contribution in [3.05, 3.63) is 45.5 Å². The molecule has 0 aliphatic carbocycles. The third kappa shape index (κ3) is 5.08. The van der Waals surface area contributed by atoms with Gasteiger partial charge in [0.15, 0.2) is 0 Å². The number of nitrogens with zero attached hydrogens (tertiary/aromatic N) is 4. The van der Waals surface area contributed by atoms with Crippen LogP contribution < -0.4 is 5.32 Å². The third-order valence-corrected chi connectivity index (χ3v) is 7.45. The number of likely N-dealkylation sites (tertiary alicyclic amines) is 1. The van der Waals surface area contributed by atoms with Gasteiger partial charge in [0, 0.05) is 38.3 Å². The second-order valence-corrected chi connectivity index (χ2v) is 9.93. The number of thiazole rings is 1. The minimum Gasteiger partial charge on any atom is -0.352 e. The van der Waals surface area contributed by atoms with Crippen molar-refractivity contribution >= 4 is 46.1 Å². The zero-order chi connectivity index (χ0) is 21.1. The summed E-state index contributed by atoms with van der Waals surface area (Å²) in [5, 5.41) is 9.84. The molecule has 0 spiro atoms. The summed E-state index contributed by atoms with van der Waals surface area (Å²) in [5.74, 6) is 0.381. The van der Waals surface area contributed by atoms with Crippen LogP contribution in [0.5, 0.6) is 0 Å². The van der Waals surface area contributed by atoms with Gasteiger partial charge in [-0.1, -0.05) is 11.6 Å². The Morgan fingerprint density at radius 1 is 1.30 bits per heavy atom. The molecule has 30 heavy (non-hydrogen) atoms. The number of carbonyl (C=O) groups excluding carboxylic acids is 2. The first-order valence-electron chi connectivity index (χ1n) is 9.72. The van der Waals surface area contributed by atoms with Crippen molar-refractivity contribution in [1.29, 1.82) is 0 Å². The standard InChI is InChI=1S/C20H22ClN5O2S2/c1-25-11-14(10-23-25)19(28)22-9-13-4-6-26(7-5-13)18(27)8-15-12-29-20(24-15)16-2-3-17(21)30-16/h2-3,10-13H,4-9H2,1H3,(H,22,28). The summed E-state index contributed by atoms with van der Waals surface area (Å²) < 4.78 is 2.34. The van der Waals surface area contributed by atoms with E-state index in [1.807, 2.05) is 22.4 Å². The van der Waals surface area contributed by atoms with Crippen LogP contribution in [0, 0.1) is 5.92 Å². The highest BCUT2D eigenvalue weighted by molar-refractivity contribution is 7.23. The minimum absolute atomic E-state index is 0.104. The van der Waals surface area contributed by atoms with Crippen LogP contribution in [0.1, 0.15) is 28.9 Å². The number of aryl methyl sites for hydroxylation is 1. The second-order valence-electron chi connectivity index (χ2n) is 7.36. The topological polar surface area (TPSA) is 80.1 Å². The Labute approximate surface area is 187 Å². The van der Waals surface area contributed by atoms with Gasteiger partial charge in [-0.05, 0) is 30.9 Å². The fraction of sp³-hybridized carbons (Fsp3) is 0.400. The van der Waals surface area contributed by atoms with E-state index >= 15 is 0 Å². The normalized spacial score (nSPS) is 14.8. The van der Waals surface area contributed by atoms with Gasteiger partial charge in [-0.3, -0.25) is 14.3 Å². The maximum absolute atomic E-state index is 12.7. The molecular formula is C20H22ClN5O2S2. The molecule has 1 N–H and O–H groups in total. The third-order valence-electron chi connectivity index (χ3n) is 5.15. The van der Waals surface area contributed by atoms with Crippen molar-refractivity contribution in [2.75, 3.05) is 19.6 Å². The summed E-state index contributed by atoms with van der Waals surface area (Å²) in [6.07, 6.45) is 5.35. The average molecular weight is 464 g/mol. The van der Waals surface area contributed by atoms with E-state index in [0.717, 1.165) is 32.8 Å². The van der Waals surface area contributed by atoms with Gasteiger partial charge in [0.1, 0.15) is 5.01 Å². The van der Waals surface area contributed by atoms with Crippen LogP contribution in [0.3, 0.4) is 0 Å². The second kappa shape index (κ2) is 9.28. The zero-order valence-electron chi connectivity index (χ0n) is 16.5. The predicted octanol–water partition coefficient (Wildman–Crippen LogP) is 3.47.